The summed E-state index contributed by atoms with van der Waals surface area (Å²) in [5.74, 6) is 0. The van der Waals surface area contributed by atoms with Crippen LogP contribution in [0.15, 0.2) is 95.9 Å². The third-order valence-corrected chi connectivity index (χ3v) is 6.71. The molecule has 0 atom stereocenters. The number of pyridine rings is 2. The maximum Gasteiger partial charge on any atom is 0.0569 e. The van der Waals surface area contributed by atoms with Gasteiger partial charge in [-0.25, -0.2) is 0 Å². The molecular weight excluding hydrogens is 444 g/mol. The molecule has 0 fully saturated rings. The third-order valence-electron chi connectivity index (χ3n) is 6.71. The number of hydrogen-bond acceptors (Lipinski definition) is 5. The first-order chi connectivity index (χ1) is 17.7. The van der Waals surface area contributed by atoms with Crippen molar-refractivity contribution < 1.29 is 0 Å². The zero-order valence-corrected chi connectivity index (χ0v) is 20.8. The molecule has 3 aromatic rings. The van der Waals surface area contributed by atoms with Crippen molar-refractivity contribution in [2.24, 2.45) is 9.98 Å². The van der Waals surface area contributed by atoms with E-state index in [1.54, 1.807) is 6.20 Å². The minimum absolute atomic E-state index is 0.822. The molecule has 180 valence electrons. The van der Waals surface area contributed by atoms with E-state index in [-0.39, 0.29) is 0 Å². The minimum Gasteiger partial charge on any atom is -0.348 e. The monoisotopic (exact) mass is 474 g/mol. The molecule has 1 aliphatic carbocycles. The van der Waals surface area contributed by atoms with Gasteiger partial charge >= 0.3 is 0 Å². The van der Waals surface area contributed by atoms with Crippen molar-refractivity contribution in [3.05, 3.63) is 103 Å². The number of aromatic nitrogens is 3. The van der Waals surface area contributed by atoms with Crippen LogP contribution in [0, 0.1) is 0 Å². The molecule has 0 N–H and O–H groups in total. The van der Waals surface area contributed by atoms with Gasteiger partial charge in [-0.2, -0.15) is 0 Å². The molecule has 4 heterocycles. The first-order valence-electron chi connectivity index (χ1n) is 12.3. The Bertz CT molecular complexity index is 1480. The standard InChI is InChI=1S/C30H30N6/c1-4-22(18-31-5-2)25-19-33-15-12-28(25)35(3)23-9-6-7-10-24(17-23)36-29-11-8-14-32-20-26(29)27-21-34-16-13-30(27)36/h4-5,8,10,12-21H,2,6-7,9,11H2,1,3H3/b22-4+,31-18?. The van der Waals surface area contributed by atoms with Crippen LogP contribution in [0.3, 0.4) is 0 Å². The van der Waals surface area contributed by atoms with Gasteiger partial charge in [0.25, 0.3) is 0 Å². The molecular formula is C30H30N6. The highest BCUT2D eigenvalue weighted by Gasteiger charge is 2.21. The average Bonchev–Trinajstić information content (AvgIpc) is 3.12. The zero-order chi connectivity index (χ0) is 24.9. The maximum absolute atomic E-state index is 4.46. The first kappa shape index (κ1) is 23.4. The zero-order valence-electron chi connectivity index (χ0n) is 20.8. The van der Waals surface area contributed by atoms with Gasteiger partial charge in [-0.1, -0.05) is 24.8 Å². The molecule has 0 unspecified atom stereocenters. The summed E-state index contributed by atoms with van der Waals surface area (Å²) >= 11 is 0. The minimum atomic E-state index is 0.822. The van der Waals surface area contributed by atoms with Crippen LogP contribution in [0.25, 0.3) is 22.2 Å². The van der Waals surface area contributed by atoms with Gasteiger partial charge in [0.15, 0.2) is 0 Å². The van der Waals surface area contributed by atoms with Crippen molar-refractivity contribution >= 4 is 40.3 Å². The number of aliphatic imine (C=N–C) groups is 2. The summed E-state index contributed by atoms with van der Waals surface area (Å²) in [6.45, 7) is 5.72. The van der Waals surface area contributed by atoms with E-state index in [0.29, 0.717) is 0 Å². The third kappa shape index (κ3) is 4.38. The second kappa shape index (κ2) is 10.5. The SMILES string of the molecule is C=CN=C/C(=C\C)c1cnccc1N(C)C1=CC(n2c3c(c4cnccc42)C=NC=CC3)=CCCC1. The molecule has 0 saturated heterocycles. The molecule has 0 amide bonds. The Hall–Kier alpha value is -4.32. The Morgan fingerprint density at radius 3 is 2.92 bits per heavy atom. The topological polar surface area (TPSA) is 58.7 Å². The number of allylic oxidation sites excluding steroid dienone is 7. The molecule has 0 radical (unpaired) electrons. The summed E-state index contributed by atoms with van der Waals surface area (Å²) in [5, 5.41) is 1.13. The van der Waals surface area contributed by atoms with Gasteiger partial charge < -0.3 is 9.47 Å². The fourth-order valence-electron chi connectivity index (χ4n) is 4.94. The van der Waals surface area contributed by atoms with E-state index in [0.717, 1.165) is 59.0 Å². The summed E-state index contributed by atoms with van der Waals surface area (Å²) in [5.41, 5.74) is 9.12. The summed E-state index contributed by atoms with van der Waals surface area (Å²) in [7, 11) is 2.14. The first-order valence-corrected chi connectivity index (χ1v) is 12.3. The maximum atomic E-state index is 4.46. The van der Waals surface area contributed by atoms with E-state index in [4.69, 9.17) is 0 Å². The molecule has 6 nitrogen and oxygen atoms in total. The van der Waals surface area contributed by atoms with Gasteiger partial charge in [-0.05, 0) is 50.0 Å². The van der Waals surface area contributed by atoms with Crippen LogP contribution in [0.5, 0.6) is 0 Å². The summed E-state index contributed by atoms with van der Waals surface area (Å²) in [6.07, 6.45) is 27.5. The van der Waals surface area contributed by atoms with Gasteiger partial charge in [-0.3, -0.25) is 20.0 Å². The van der Waals surface area contributed by atoms with Crippen LogP contribution < -0.4 is 4.90 Å². The van der Waals surface area contributed by atoms with Crippen LogP contribution in [-0.2, 0) is 6.42 Å². The lowest BCUT2D eigenvalue weighted by molar-refractivity contribution is 0.812. The summed E-state index contributed by atoms with van der Waals surface area (Å²) < 4.78 is 2.38. The van der Waals surface area contributed by atoms with Crippen LogP contribution in [0.4, 0.5) is 5.69 Å². The Balaban J connectivity index is 1.61. The summed E-state index contributed by atoms with van der Waals surface area (Å²) in [4.78, 5) is 19.8. The lowest BCUT2D eigenvalue weighted by atomic mass is 10.1. The molecule has 2 aliphatic rings. The normalized spacial score (nSPS) is 15.9. The van der Waals surface area contributed by atoms with Crippen molar-refractivity contribution in [1.29, 1.82) is 0 Å². The second-order valence-electron chi connectivity index (χ2n) is 8.77. The predicted molar refractivity (Wildman–Crippen MR) is 151 cm³/mol. The Morgan fingerprint density at radius 2 is 2.06 bits per heavy atom. The average molecular weight is 475 g/mol. The summed E-state index contributed by atoms with van der Waals surface area (Å²) in [6, 6.07) is 4.17. The highest BCUT2D eigenvalue weighted by Crippen LogP contribution is 2.34. The smallest absolute Gasteiger partial charge is 0.0569 e. The van der Waals surface area contributed by atoms with Gasteiger partial charge in [0.05, 0.1) is 11.2 Å². The molecule has 5 rings (SSSR count). The quantitative estimate of drug-likeness (QED) is 0.379. The largest absolute Gasteiger partial charge is 0.348 e. The Kier molecular flexibility index (Phi) is 6.85. The predicted octanol–water partition coefficient (Wildman–Crippen LogP) is 6.58. The van der Waals surface area contributed by atoms with Gasteiger partial charge in [0.2, 0.25) is 0 Å². The van der Waals surface area contributed by atoms with Crippen LogP contribution in [-0.4, -0.2) is 34.0 Å². The van der Waals surface area contributed by atoms with Crippen molar-refractivity contribution in [2.45, 2.75) is 32.6 Å². The molecule has 6 heteroatoms. The van der Waals surface area contributed by atoms with E-state index < -0.39 is 0 Å². The molecule has 0 aromatic carbocycles. The number of rotatable bonds is 6. The molecule has 36 heavy (non-hydrogen) atoms. The molecule has 0 bridgehead atoms. The molecule has 3 aromatic heterocycles. The highest BCUT2D eigenvalue weighted by molar-refractivity contribution is 6.12. The lowest BCUT2D eigenvalue weighted by Crippen LogP contribution is -2.18. The Morgan fingerprint density at radius 1 is 1.19 bits per heavy atom. The van der Waals surface area contributed by atoms with Crippen LogP contribution in [0.1, 0.15) is 43.0 Å². The van der Waals surface area contributed by atoms with Crippen LogP contribution in [0.2, 0.25) is 0 Å². The molecule has 0 spiro atoms. The molecule has 0 saturated carbocycles. The van der Waals surface area contributed by atoms with Gasteiger partial charge in [-0.15, -0.1) is 0 Å². The van der Waals surface area contributed by atoms with Crippen molar-refractivity contribution in [3.8, 4) is 0 Å². The Labute approximate surface area is 212 Å². The van der Waals surface area contributed by atoms with Crippen molar-refractivity contribution in [2.75, 3.05) is 11.9 Å². The van der Waals surface area contributed by atoms with Crippen LogP contribution >= 0.6 is 0 Å². The number of fused-ring (bicyclic) bond motifs is 3. The van der Waals surface area contributed by atoms with Crippen molar-refractivity contribution in [1.82, 2.24) is 14.5 Å². The van der Waals surface area contributed by atoms with Crippen molar-refractivity contribution in [3.63, 3.8) is 0 Å². The molecule has 1 aliphatic heterocycles. The number of nitrogens with zero attached hydrogens (tertiary/aromatic N) is 6. The fraction of sp³-hybridized carbons (Fsp3) is 0.200. The van der Waals surface area contributed by atoms with E-state index in [1.165, 1.54) is 17.1 Å². The van der Waals surface area contributed by atoms with E-state index in [2.05, 4.69) is 79.5 Å². The van der Waals surface area contributed by atoms with E-state index in [9.17, 15) is 0 Å². The van der Waals surface area contributed by atoms with E-state index >= 15 is 0 Å². The number of hydrogen-bond donors (Lipinski definition) is 0. The van der Waals surface area contributed by atoms with Gasteiger partial charge in [0, 0.05) is 96.7 Å². The highest BCUT2D eigenvalue weighted by atomic mass is 15.1. The van der Waals surface area contributed by atoms with E-state index in [1.807, 2.05) is 50.3 Å². The fourth-order valence-corrected chi connectivity index (χ4v) is 4.94. The lowest BCUT2D eigenvalue weighted by Gasteiger charge is -2.25. The van der Waals surface area contributed by atoms with Gasteiger partial charge in [0.1, 0.15) is 0 Å². The number of anilines is 1. The second-order valence-corrected chi connectivity index (χ2v) is 8.77.